The van der Waals surface area contributed by atoms with E-state index in [9.17, 15) is 14.0 Å². The maximum absolute atomic E-state index is 14.2. The van der Waals surface area contributed by atoms with Crippen molar-refractivity contribution in [2.24, 2.45) is 0 Å². The Morgan fingerprint density at radius 1 is 1.42 bits per heavy atom. The minimum atomic E-state index is -0.410. The summed E-state index contributed by atoms with van der Waals surface area (Å²) in [6, 6.07) is 1.38. The highest BCUT2D eigenvalue weighted by molar-refractivity contribution is 6.02. The van der Waals surface area contributed by atoms with Crippen LogP contribution in [-0.4, -0.2) is 30.3 Å². The zero-order chi connectivity index (χ0) is 17.3. The lowest BCUT2D eigenvalue weighted by Crippen LogP contribution is -2.19. The Balaban J connectivity index is 2.07. The number of H-pyrrole nitrogens is 1. The van der Waals surface area contributed by atoms with E-state index in [1.165, 1.54) is 6.07 Å². The Morgan fingerprint density at radius 2 is 2.21 bits per heavy atom. The van der Waals surface area contributed by atoms with E-state index >= 15 is 0 Å². The highest BCUT2D eigenvalue weighted by Gasteiger charge is 2.26. The molecule has 3 rings (SSSR count). The van der Waals surface area contributed by atoms with Crippen LogP contribution < -0.4 is 10.1 Å². The summed E-state index contributed by atoms with van der Waals surface area (Å²) in [5, 5.41) is 3.48. The smallest absolute Gasteiger partial charge is 0.267 e. The highest BCUT2D eigenvalue weighted by Crippen LogP contribution is 2.38. The van der Waals surface area contributed by atoms with Gasteiger partial charge in [0.1, 0.15) is 11.5 Å². The molecule has 1 aliphatic rings. The number of rotatable bonds is 6. The van der Waals surface area contributed by atoms with Crippen molar-refractivity contribution in [1.82, 2.24) is 10.3 Å². The molecule has 0 saturated carbocycles. The summed E-state index contributed by atoms with van der Waals surface area (Å²) in [7, 11) is 1.56. The van der Waals surface area contributed by atoms with Crippen LogP contribution in [0.1, 0.15) is 47.8 Å². The Morgan fingerprint density at radius 3 is 2.92 bits per heavy atom. The third-order valence-corrected chi connectivity index (χ3v) is 4.53. The van der Waals surface area contributed by atoms with Crippen LogP contribution >= 0.6 is 0 Å². The van der Waals surface area contributed by atoms with E-state index in [-0.39, 0.29) is 17.4 Å². The maximum Gasteiger partial charge on any atom is 0.267 e. The lowest BCUT2D eigenvalue weighted by atomic mass is 9.97. The zero-order valence-electron chi connectivity index (χ0n) is 13.9. The van der Waals surface area contributed by atoms with Gasteiger partial charge < -0.3 is 15.0 Å². The monoisotopic (exact) mass is 332 g/mol. The van der Waals surface area contributed by atoms with E-state index in [4.69, 9.17) is 4.74 Å². The van der Waals surface area contributed by atoms with Gasteiger partial charge in [-0.25, -0.2) is 4.39 Å². The number of fused-ring (bicyclic) bond motifs is 3. The summed E-state index contributed by atoms with van der Waals surface area (Å²) < 4.78 is 19.6. The molecule has 0 saturated heterocycles. The first-order valence-corrected chi connectivity index (χ1v) is 8.29. The van der Waals surface area contributed by atoms with Crippen LogP contribution in [0.5, 0.6) is 5.75 Å². The molecular weight excluding hydrogens is 311 g/mol. The van der Waals surface area contributed by atoms with Crippen molar-refractivity contribution in [3.05, 3.63) is 28.7 Å². The van der Waals surface area contributed by atoms with Crippen LogP contribution in [-0.2, 0) is 17.6 Å². The highest BCUT2D eigenvalue weighted by atomic mass is 19.1. The minimum absolute atomic E-state index is 0.205. The van der Waals surface area contributed by atoms with Crippen molar-refractivity contribution in [3.63, 3.8) is 0 Å². The molecule has 0 aliphatic carbocycles. The number of carbonyl (C=O) groups excluding carboxylic acids is 2. The average Bonchev–Trinajstić information content (AvgIpc) is 3.19. The van der Waals surface area contributed by atoms with Crippen LogP contribution in [0.2, 0.25) is 0 Å². The van der Waals surface area contributed by atoms with Gasteiger partial charge in [-0.1, -0.05) is 6.92 Å². The first kappa shape index (κ1) is 16.5. The van der Waals surface area contributed by atoms with Gasteiger partial charge in [-0.3, -0.25) is 9.59 Å². The number of aromatic nitrogens is 1. The molecule has 5 nitrogen and oxygen atoms in total. The number of ketones is 1. The molecule has 1 amide bonds. The van der Waals surface area contributed by atoms with Crippen molar-refractivity contribution in [2.45, 2.75) is 39.0 Å². The fourth-order valence-corrected chi connectivity index (χ4v) is 3.32. The molecule has 0 bridgehead atoms. The van der Waals surface area contributed by atoms with E-state index < -0.39 is 5.82 Å². The average molecular weight is 332 g/mol. The first-order valence-electron chi connectivity index (χ1n) is 8.29. The molecule has 2 heterocycles. The van der Waals surface area contributed by atoms with Crippen molar-refractivity contribution < 1.29 is 18.7 Å². The van der Waals surface area contributed by atoms with Gasteiger partial charge >= 0.3 is 0 Å². The molecule has 2 aromatic rings. The van der Waals surface area contributed by atoms with Gasteiger partial charge in [0.25, 0.3) is 5.91 Å². The van der Waals surface area contributed by atoms with Crippen LogP contribution in [0.4, 0.5) is 4.39 Å². The summed E-state index contributed by atoms with van der Waals surface area (Å²) >= 11 is 0. The summed E-state index contributed by atoms with van der Waals surface area (Å²) in [4.78, 5) is 26.8. The number of amides is 1. The van der Waals surface area contributed by atoms with Gasteiger partial charge in [0.2, 0.25) is 0 Å². The number of hydrogen-bond donors (Lipinski definition) is 2. The third-order valence-electron chi connectivity index (χ3n) is 4.53. The number of benzene rings is 1. The summed E-state index contributed by atoms with van der Waals surface area (Å²) in [5.74, 6) is -0.157. The number of halogens is 1. The molecule has 0 atom stereocenters. The van der Waals surface area contributed by atoms with Crippen LogP contribution in [0.15, 0.2) is 6.07 Å². The molecule has 1 aromatic heterocycles. The Kier molecular flexibility index (Phi) is 4.55. The molecule has 0 spiro atoms. The fourth-order valence-electron chi connectivity index (χ4n) is 3.32. The quantitative estimate of drug-likeness (QED) is 0.854. The number of ether oxygens (including phenoxy) is 1. The number of nitrogens with one attached hydrogen (secondary N) is 2. The minimum Gasteiger partial charge on any atom is -0.490 e. The SMILES string of the molecule is CCC(=O)CCCc1c(C(=O)NC)[nH]c2cc(F)c3c(c12)CCO3. The molecule has 0 fully saturated rings. The molecule has 1 aromatic carbocycles. The molecular formula is C18H21FN2O3. The van der Waals surface area contributed by atoms with Crippen molar-refractivity contribution in [3.8, 4) is 5.75 Å². The van der Waals surface area contributed by atoms with E-state index in [2.05, 4.69) is 10.3 Å². The van der Waals surface area contributed by atoms with Gasteiger partial charge in [-0.15, -0.1) is 0 Å². The Hall–Kier alpha value is -2.37. The normalized spacial score (nSPS) is 13.0. The molecule has 24 heavy (non-hydrogen) atoms. The number of carbonyl (C=O) groups is 2. The Labute approximate surface area is 139 Å². The lowest BCUT2D eigenvalue weighted by Gasteiger charge is -2.06. The molecule has 6 heteroatoms. The second-order valence-corrected chi connectivity index (χ2v) is 5.99. The van der Waals surface area contributed by atoms with Crippen molar-refractivity contribution >= 4 is 22.6 Å². The number of aryl methyl sites for hydroxylation is 1. The lowest BCUT2D eigenvalue weighted by molar-refractivity contribution is -0.118. The number of hydrogen-bond acceptors (Lipinski definition) is 3. The van der Waals surface area contributed by atoms with Gasteiger partial charge in [0.15, 0.2) is 11.6 Å². The van der Waals surface area contributed by atoms with Crippen molar-refractivity contribution in [1.29, 1.82) is 0 Å². The van der Waals surface area contributed by atoms with E-state index in [1.54, 1.807) is 7.05 Å². The van der Waals surface area contributed by atoms with E-state index in [1.807, 2.05) is 6.92 Å². The topological polar surface area (TPSA) is 71.2 Å². The summed E-state index contributed by atoms with van der Waals surface area (Å²) in [6.07, 6.45) is 2.87. The summed E-state index contributed by atoms with van der Waals surface area (Å²) in [5.41, 5.74) is 2.70. The van der Waals surface area contributed by atoms with Gasteiger partial charge in [-0.2, -0.15) is 0 Å². The van der Waals surface area contributed by atoms with E-state index in [0.717, 1.165) is 16.5 Å². The molecule has 0 radical (unpaired) electrons. The number of aromatic amines is 1. The predicted octanol–water partition coefficient (Wildman–Crippen LogP) is 2.90. The predicted molar refractivity (Wildman–Crippen MR) is 89.1 cm³/mol. The third kappa shape index (κ3) is 2.77. The van der Waals surface area contributed by atoms with Crippen LogP contribution in [0.3, 0.4) is 0 Å². The zero-order valence-corrected chi connectivity index (χ0v) is 13.9. The second kappa shape index (κ2) is 6.63. The second-order valence-electron chi connectivity index (χ2n) is 5.99. The van der Waals surface area contributed by atoms with Crippen LogP contribution in [0.25, 0.3) is 10.9 Å². The fraction of sp³-hybridized carbons (Fsp3) is 0.444. The largest absolute Gasteiger partial charge is 0.490 e. The molecule has 128 valence electrons. The maximum atomic E-state index is 14.2. The standard InChI is InChI=1S/C18H21FN2O3/c1-3-10(22)5-4-6-11-15-12-7-8-24-17(12)13(19)9-14(15)21-16(11)18(23)20-2/h9,21H,3-8H2,1-2H3,(H,20,23). The molecule has 0 unspecified atom stereocenters. The van der Waals surface area contributed by atoms with Gasteiger partial charge in [0, 0.05) is 48.8 Å². The van der Waals surface area contributed by atoms with Crippen LogP contribution in [0, 0.1) is 5.82 Å². The first-order chi connectivity index (χ1) is 11.6. The van der Waals surface area contributed by atoms with Gasteiger partial charge in [-0.05, 0) is 18.4 Å². The van der Waals surface area contributed by atoms with Crippen molar-refractivity contribution in [2.75, 3.05) is 13.7 Å². The molecule has 2 N–H and O–H groups in total. The van der Waals surface area contributed by atoms with Gasteiger partial charge in [0.05, 0.1) is 6.61 Å². The Bertz CT molecular complexity index is 810. The number of Topliss-reactive ketones (excluding diaryl/α,β-unsaturated/α-hetero) is 1. The summed E-state index contributed by atoms with van der Waals surface area (Å²) in [6.45, 7) is 2.29. The molecule has 1 aliphatic heterocycles. The van der Waals surface area contributed by atoms with E-state index in [0.29, 0.717) is 49.9 Å².